The van der Waals surface area contributed by atoms with Gasteiger partial charge >= 0.3 is 0 Å². The van der Waals surface area contributed by atoms with Crippen molar-refractivity contribution in [1.82, 2.24) is 0 Å². The lowest BCUT2D eigenvalue weighted by Crippen LogP contribution is -2.43. The minimum absolute atomic E-state index is 0.0398. The molecule has 1 atom stereocenters. The second-order valence-electron chi connectivity index (χ2n) is 6.16. The highest BCUT2D eigenvalue weighted by Gasteiger charge is 2.29. The summed E-state index contributed by atoms with van der Waals surface area (Å²) < 4.78 is 11.2. The molecule has 0 aliphatic carbocycles. The molecule has 0 aromatic heterocycles. The third kappa shape index (κ3) is 3.21. The van der Waals surface area contributed by atoms with E-state index < -0.39 is 0 Å². The third-order valence-corrected chi connectivity index (χ3v) is 4.28. The smallest absolute Gasteiger partial charge is 0.227 e. The molecule has 4 heteroatoms. The number of fused-ring (bicyclic) bond motifs is 1. The van der Waals surface area contributed by atoms with Gasteiger partial charge < -0.3 is 14.4 Å². The van der Waals surface area contributed by atoms with E-state index in [2.05, 4.69) is 0 Å². The number of ether oxygens (including phenoxy) is 2. The van der Waals surface area contributed by atoms with Crippen LogP contribution in [0.5, 0.6) is 5.75 Å². The highest BCUT2D eigenvalue weighted by Crippen LogP contribution is 2.35. The Morgan fingerprint density at radius 3 is 2.86 bits per heavy atom. The van der Waals surface area contributed by atoms with Crippen LogP contribution in [0.2, 0.25) is 0 Å². The van der Waals surface area contributed by atoms with Gasteiger partial charge in [-0.2, -0.15) is 0 Å². The molecular weight excluding hydrogens is 266 g/mol. The predicted octanol–water partition coefficient (Wildman–Crippen LogP) is 2.93. The van der Waals surface area contributed by atoms with E-state index in [1.165, 1.54) is 0 Å². The summed E-state index contributed by atoms with van der Waals surface area (Å²) >= 11 is 0. The highest BCUT2D eigenvalue weighted by atomic mass is 16.5. The summed E-state index contributed by atoms with van der Waals surface area (Å²) in [6.07, 6.45) is 2.64. The number of benzene rings is 1. The fourth-order valence-electron chi connectivity index (χ4n) is 3.09. The molecule has 0 N–H and O–H groups in total. The van der Waals surface area contributed by atoms with E-state index in [1.54, 1.807) is 0 Å². The van der Waals surface area contributed by atoms with Crippen molar-refractivity contribution in [2.75, 3.05) is 24.7 Å². The number of carbonyl (C=O) groups is 1. The fourth-order valence-corrected chi connectivity index (χ4v) is 3.09. The third-order valence-electron chi connectivity index (χ3n) is 4.28. The van der Waals surface area contributed by atoms with Gasteiger partial charge in [-0.25, -0.2) is 0 Å². The number of nitrogens with zero attached hydrogens (tertiary/aromatic N) is 1. The molecule has 1 saturated heterocycles. The molecule has 114 valence electrons. The lowest BCUT2D eigenvalue weighted by Gasteiger charge is -2.34. The Bertz CT molecular complexity index is 523. The van der Waals surface area contributed by atoms with E-state index >= 15 is 0 Å². The van der Waals surface area contributed by atoms with Crippen molar-refractivity contribution < 1.29 is 14.3 Å². The molecule has 1 fully saturated rings. The van der Waals surface area contributed by atoms with Crippen molar-refractivity contribution in [1.29, 1.82) is 0 Å². The van der Waals surface area contributed by atoms with Gasteiger partial charge in [-0.15, -0.1) is 0 Å². The van der Waals surface area contributed by atoms with Crippen molar-refractivity contribution in [2.24, 2.45) is 5.92 Å². The van der Waals surface area contributed by atoms with E-state index in [1.807, 2.05) is 36.9 Å². The monoisotopic (exact) mass is 289 g/mol. The Labute approximate surface area is 126 Å². The average molecular weight is 289 g/mol. The van der Waals surface area contributed by atoms with Gasteiger partial charge in [-0.1, -0.05) is 6.07 Å². The van der Waals surface area contributed by atoms with Gasteiger partial charge in [-0.3, -0.25) is 4.79 Å². The maximum Gasteiger partial charge on any atom is 0.227 e. The molecule has 21 heavy (non-hydrogen) atoms. The molecule has 1 amide bonds. The molecule has 1 aromatic carbocycles. The fraction of sp³-hybridized carbons (Fsp3) is 0.588. The van der Waals surface area contributed by atoms with Crippen molar-refractivity contribution in [3.8, 4) is 5.75 Å². The summed E-state index contributed by atoms with van der Waals surface area (Å²) in [7, 11) is 0. The molecular formula is C17H23NO3. The molecule has 2 aliphatic rings. The van der Waals surface area contributed by atoms with Crippen molar-refractivity contribution in [3.63, 3.8) is 0 Å². The first-order valence-corrected chi connectivity index (χ1v) is 7.79. The molecule has 0 spiro atoms. The molecule has 1 unspecified atom stereocenters. The number of carbonyl (C=O) groups excluding carboxylic acids is 1. The lowest BCUT2D eigenvalue weighted by molar-refractivity contribution is -0.120. The molecule has 2 heterocycles. The molecule has 2 aliphatic heterocycles. The Morgan fingerprint density at radius 2 is 2.10 bits per heavy atom. The summed E-state index contributed by atoms with van der Waals surface area (Å²) in [4.78, 5) is 14.6. The van der Waals surface area contributed by atoms with Crippen LogP contribution in [0.4, 0.5) is 5.69 Å². The van der Waals surface area contributed by atoms with E-state index in [4.69, 9.17) is 9.47 Å². The van der Waals surface area contributed by atoms with E-state index in [-0.39, 0.29) is 12.0 Å². The van der Waals surface area contributed by atoms with Crippen LogP contribution in [0.3, 0.4) is 0 Å². The van der Waals surface area contributed by atoms with Crippen LogP contribution in [0, 0.1) is 12.8 Å². The van der Waals surface area contributed by atoms with Gasteiger partial charge in [-0.05, 0) is 50.3 Å². The normalized spacial score (nSPS) is 22.6. The predicted molar refractivity (Wildman–Crippen MR) is 81.8 cm³/mol. The first kappa shape index (κ1) is 14.4. The standard InChI is InChI=1S/C17H23NO3/c1-12-3-4-15-16(9-12)21-13(2)11-18(15)17(19)10-14-5-7-20-8-6-14/h3-4,9,13-14H,5-8,10-11H2,1-2H3. The summed E-state index contributed by atoms with van der Waals surface area (Å²) in [5.74, 6) is 1.49. The Balaban J connectivity index is 1.76. The average Bonchev–Trinajstić information content (AvgIpc) is 2.47. The summed E-state index contributed by atoms with van der Waals surface area (Å²) in [6.45, 7) is 6.26. The Kier molecular flexibility index (Phi) is 4.15. The van der Waals surface area contributed by atoms with Crippen LogP contribution in [-0.4, -0.2) is 31.8 Å². The van der Waals surface area contributed by atoms with Crippen molar-refractivity contribution in [3.05, 3.63) is 23.8 Å². The molecule has 3 rings (SSSR count). The number of aryl methyl sites for hydroxylation is 1. The highest BCUT2D eigenvalue weighted by molar-refractivity contribution is 5.95. The topological polar surface area (TPSA) is 38.8 Å². The molecule has 0 saturated carbocycles. The zero-order valence-corrected chi connectivity index (χ0v) is 12.8. The van der Waals surface area contributed by atoms with Crippen molar-refractivity contribution in [2.45, 2.75) is 39.2 Å². The van der Waals surface area contributed by atoms with Crippen LogP contribution in [-0.2, 0) is 9.53 Å². The van der Waals surface area contributed by atoms with Crippen molar-refractivity contribution >= 4 is 11.6 Å². The number of amides is 1. The molecule has 4 nitrogen and oxygen atoms in total. The number of hydrogen-bond acceptors (Lipinski definition) is 3. The van der Waals surface area contributed by atoms with Gasteiger partial charge in [0.25, 0.3) is 0 Å². The van der Waals surface area contributed by atoms with Crippen LogP contribution in [0.25, 0.3) is 0 Å². The van der Waals surface area contributed by atoms with Crippen LogP contribution in [0.1, 0.15) is 31.7 Å². The van der Waals surface area contributed by atoms with Crippen LogP contribution >= 0.6 is 0 Å². The molecule has 0 bridgehead atoms. The SMILES string of the molecule is Cc1ccc2c(c1)OC(C)CN2C(=O)CC1CCOCC1. The summed E-state index contributed by atoms with van der Waals surface area (Å²) in [5, 5.41) is 0. The van der Waals surface area contributed by atoms with E-state index in [0.29, 0.717) is 18.9 Å². The van der Waals surface area contributed by atoms with Gasteiger partial charge in [0.15, 0.2) is 0 Å². The quantitative estimate of drug-likeness (QED) is 0.840. The molecule has 1 aromatic rings. The van der Waals surface area contributed by atoms with E-state index in [0.717, 1.165) is 43.1 Å². The van der Waals surface area contributed by atoms with Crippen LogP contribution in [0.15, 0.2) is 18.2 Å². The van der Waals surface area contributed by atoms with Gasteiger partial charge in [0.1, 0.15) is 11.9 Å². The zero-order chi connectivity index (χ0) is 14.8. The van der Waals surface area contributed by atoms with Gasteiger partial charge in [0.2, 0.25) is 5.91 Å². The van der Waals surface area contributed by atoms with Gasteiger partial charge in [0, 0.05) is 19.6 Å². The molecule has 0 radical (unpaired) electrons. The first-order valence-electron chi connectivity index (χ1n) is 7.79. The summed E-state index contributed by atoms with van der Waals surface area (Å²) in [6, 6.07) is 6.05. The van der Waals surface area contributed by atoms with Crippen LogP contribution < -0.4 is 9.64 Å². The second kappa shape index (κ2) is 6.06. The van der Waals surface area contributed by atoms with Gasteiger partial charge in [0.05, 0.1) is 12.2 Å². The zero-order valence-electron chi connectivity index (χ0n) is 12.8. The minimum Gasteiger partial charge on any atom is -0.487 e. The number of hydrogen-bond donors (Lipinski definition) is 0. The maximum absolute atomic E-state index is 12.7. The first-order chi connectivity index (χ1) is 10.1. The maximum atomic E-state index is 12.7. The Hall–Kier alpha value is -1.55. The lowest BCUT2D eigenvalue weighted by atomic mass is 9.95. The minimum atomic E-state index is 0.0398. The van der Waals surface area contributed by atoms with E-state index in [9.17, 15) is 4.79 Å². The largest absolute Gasteiger partial charge is 0.487 e. The summed E-state index contributed by atoms with van der Waals surface area (Å²) in [5.41, 5.74) is 2.07. The number of anilines is 1. The Morgan fingerprint density at radius 1 is 1.33 bits per heavy atom. The second-order valence-corrected chi connectivity index (χ2v) is 6.16. The number of rotatable bonds is 2.